The van der Waals surface area contributed by atoms with E-state index in [1.165, 1.54) is 0 Å². The van der Waals surface area contributed by atoms with Crippen molar-refractivity contribution in [2.24, 2.45) is 0 Å². The van der Waals surface area contributed by atoms with Gasteiger partial charge in [-0.05, 0) is 11.0 Å². The van der Waals surface area contributed by atoms with Gasteiger partial charge in [-0.25, -0.2) is 4.57 Å². The van der Waals surface area contributed by atoms with E-state index in [4.69, 9.17) is 19.2 Å². The molecule has 8 heteroatoms. The minimum atomic E-state index is -4.64. The molecule has 8 heavy (non-hydrogen) atoms. The van der Waals surface area contributed by atoms with Gasteiger partial charge in [-0.15, -0.1) is 0 Å². The Labute approximate surface area is 77.0 Å². The van der Waals surface area contributed by atoms with E-state index in [-0.39, 0.29) is 50.0 Å². The van der Waals surface area contributed by atoms with E-state index >= 15 is 0 Å². The van der Waals surface area contributed by atoms with Crippen LogP contribution in [0.15, 0.2) is 0 Å². The molecule has 0 atom stereocenters. The van der Waals surface area contributed by atoms with Crippen LogP contribution in [-0.2, 0) is 26.3 Å². The van der Waals surface area contributed by atoms with Crippen LogP contribution in [0, 0.1) is 0 Å². The maximum atomic E-state index is 8.88. The van der Waals surface area contributed by atoms with Crippen LogP contribution < -0.4 is 0 Å². The van der Waals surface area contributed by atoms with Crippen LogP contribution in [0.4, 0.5) is 0 Å². The van der Waals surface area contributed by atoms with E-state index in [0.29, 0.717) is 0 Å². The van der Waals surface area contributed by atoms with Crippen LogP contribution in [0.5, 0.6) is 0 Å². The Balaban J connectivity index is -0.0000000267. The molecule has 0 aromatic rings. The minimum absolute atomic E-state index is 0. The van der Waals surface area contributed by atoms with Gasteiger partial charge < -0.3 is 14.7 Å². The summed E-state index contributed by atoms with van der Waals surface area (Å²) in [5, 5.41) is 0. The Morgan fingerprint density at radius 1 is 1.12 bits per heavy atom. The predicted molar refractivity (Wildman–Crippen MR) is 32.7 cm³/mol. The fourth-order valence-electron chi connectivity index (χ4n) is 0. The Kier molecular flexibility index (Phi) is 24.3. The van der Waals surface area contributed by atoms with Crippen LogP contribution in [-0.4, -0.2) is 43.0 Å². The van der Waals surface area contributed by atoms with Crippen LogP contribution in [0.2, 0.25) is 0 Å². The quantitative estimate of drug-likeness (QED) is 0.291. The molecule has 48 valence electrons. The van der Waals surface area contributed by atoms with Crippen molar-refractivity contribution in [2.45, 2.75) is 0 Å². The van der Waals surface area contributed by atoms with Gasteiger partial charge in [0, 0.05) is 21.7 Å². The molecule has 0 aliphatic heterocycles. The van der Waals surface area contributed by atoms with E-state index in [1.807, 2.05) is 0 Å². The summed E-state index contributed by atoms with van der Waals surface area (Å²) < 4.78 is 8.88. The molecule has 0 fully saturated rings. The SMILES string of the molecule is O=P(O)(O)O.[AlH2].[SiH3].[Ti]. The Bertz CT molecular complexity index is 62.2. The van der Waals surface area contributed by atoms with Gasteiger partial charge in [0.1, 0.15) is 17.4 Å². The molecule has 0 bridgehead atoms. The van der Waals surface area contributed by atoms with Crippen molar-refractivity contribution in [1.29, 1.82) is 0 Å². The molecular weight excluding hydrogens is 198 g/mol. The third-order valence-electron chi connectivity index (χ3n) is 0. The van der Waals surface area contributed by atoms with Crippen molar-refractivity contribution in [3.8, 4) is 0 Å². The normalized spacial score (nSPS) is 7.38. The van der Waals surface area contributed by atoms with Crippen LogP contribution in [0.1, 0.15) is 0 Å². The summed E-state index contributed by atoms with van der Waals surface area (Å²) in [5.41, 5.74) is 0. The Morgan fingerprint density at radius 2 is 1.12 bits per heavy atom. The maximum Gasteiger partial charge on any atom is 0.466 e. The smallest absolute Gasteiger partial charge is 0.303 e. The van der Waals surface area contributed by atoms with E-state index in [2.05, 4.69) is 0 Å². The molecule has 4 nitrogen and oxygen atoms in total. The van der Waals surface area contributed by atoms with Crippen molar-refractivity contribution in [1.82, 2.24) is 0 Å². The van der Waals surface area contributed by atoms with Gasteiger partial charge in [0.2, 0.25) is 0 Å². The van der Waals surface area contributed by atoms with E-state index < -0.39 is 7.82 Å². The number of hydrogen-bond donors (Lipinski definition) is 3. The van der Waals surface area contributed by atoms with Crippen molar-refractivity contribution in [2.75, 3.05) is 0 Å². The summed E-state index contributed by atoms with van der Waals surface area (Å²) in [6.07, 6.45) is 0. The molecule has 0 aromatic carbocycles. The van der Waals surface area contributed by atoms with E-state index in [9.17, 15) is 0 Å². The largest absolute Gasteiger partial charge is 0.466 e. The molecule has 0 aliphatic carbocycles. The third-order valence-corrected chi connectivity index (χ3v) is 0. The van der Waals surface area contributed by atoms with Crippen LogP contribution >= 0.6 is 7.82 Å². The zero-order chi connectivity index (χ0) is 4.50. The molecule has 0 saturated carbocycles. The average molecular weight is 206 g/mol. The first-order chi connectivity index (χ1) is 2.00. The molecule has 0 rings (SSSR count). The van der Waals surface area contributed by atoms with E-state index in [1.54, 1.807) is 0 Å². The first kappa shape index (κ1) is 22.7. The molecule has 3 N–H and O–H groups in total. The summed E-state index contributed by atoms with van der Waals surface area (Å²) >= 11 is 0. The second-order valence-electron chi connectivity index (χ2n) is 0.513. The Hall–Kier alpha value is 1.57. The second kappa shape index (κ2) is 8.57. The van der Waals surface area contributed by atoms with Gasteiger partial charge in [0.05, 0.1) is 0 Å². The molecule has 0 saturated heterocycles. The van der Waals surface area contributed by atoms with E-state index in [0.717, 1.165) is 0 Å². The van der Waals surface area contributed by atoms with Gasteiger partial charge in [-0.2, -0.15) is 0 Å². The number of phosphoric acid groups is 1. The number of rotatable bonds is 0. The van der Waals surface area contributed by atoms with Gasteiger partial charge in [-0.3, -0.25) is 0 Å². The standard InChI is InChI=1S/Al.H3O4P.H3Si.Ti.2H/c;1-5(2,3)4;;;;/h;(H3,1,2,3,4);1H3;;;. The van der Waals surface area contributed by atoms with Crippen LogP contribution in [0.3, 0.4) is 0 Å². The first-order valence-corrected chi connectivity index (χ1v) is 2.35. The zero-order valence-corrected chi connectivity index (χ0v) is 11.2. The van der Waals surface area contributed by atoms with Gasteiger partial charge >= 0.3 is 7.82 Å². The molecule has 0 unspecified atom stereocenters. The Morgan fingerprint density at radius 3 is 1.12 bits per heavy atom. The van der Waals surface area contributed by atoms with Crippen molar-refractivity contribution in [3.05, 3.63) is 0 Å². The molecular formula is H8AlO4PSiTi. The summed E-state index contributed by atoms with van der Waals surface area (Å²) in [7, 11) is -4.64. The van der Waals surface area contributed by atoms with Crippen molar-refractivity contribution in [3.63, 3.8) is 0 Å². The minimum Gasteiger partial charge on any atom is -0.303 e. The number of hydrogen-bond acceptors (Lipinski definition) is 1. The molecule has 0 aromatic heterocycles. The molecule has 0 amide bonds. The second-order valence-corrected chi connectivity index (χ2v) is 1.54. The molecule has 2 radical (unpaired) electrons. The topological polar surface area (TPSA) is 77.8 Å². The average Bonchev–Trinajstić information content (AvgIpc) is 0.722. The van der Waals surface area contributed by atoms with Gasteiger partial charge in [0.25, 0.3) is 0 Å². The summed E-state index contributed by atoms with van der Waals surface area (Å²) in [5.74, 6) is 0. The first-order valence-electron chi connectivity index (χ1n) is 0.783. The van der Waals surface area contributed by atoms with Crippen molar-refractivity contribution < 1.29 is 41.0 Å². The molecule has 0 aliphatic rings. The molecule has 0 spiro atoms. The predicted octanol–water partition coefficient (Wildman–Crippen LogP) is -3.03. The summed E-state index contributed by atoms with van der Waals surface area (Å²) in [6, 6.07) is 0. The van der Waals surface area contributed by atoms with Crippen molar-refractivity contribution >= 4 is 36.1 Å². The monoisotopic (exact) mass is 206 g/mol. The van der Waals surface area contributed by atoms with Gasteiger partial charge in [0.15, 0.2) is 0 Å². The zero-order valence-electron chi connectivity index (χ0n) is 4.70. The van der Waals surface area contributed by atoms with Crippen LogP contribution in [0.25, 0.3) is 0 Å². The fraction of sp³-hybridized carbons (Fsp3) is 0. The fourth-order valence-corrected chi connectivity index (χ4v) is 0. The maximum absolute atomic E-state index is 8.88. The summed E-state index contributed by atoms with van der Waals surface area (Å²) in [6.45, 7) is 0. The third kappa shape index (κ3) is 132. The molecule has 0 heterocycles. The van der Waals surface area contributed by atoms with Gasteiger partial charge in [-0.1, -0.05) is 0 Å². The summed E-state index contributed by atoms with van der Waals surface area (Å²) in [4.78, 5) is 21.6.